The van der Waals surface area contributed by atoms with Crippen LogP contribution in [0.25, 0.3) is 0 Å². The number of nitrogens with zero attached hydrogens (tertiary/aromatic N) is 1. The van der Waals surface area contributed by atoms with Crippen LogP contribution in [0.1, 0.15) is 15.9 Å². The Kier molecular flexibility index (Phi) is 6.50. The van der Waals surface area contributed by atoms with E-state index in [9.17, 15) is 19.7 Å². The molecule has 0 aliphatic carbocycles. The van der Waals surface area contributed by atoms with Crippen LogP contribution in [0.4, 0.5) is 11.4 Å². The number of esters is 1. The molecule has 0 saturated heterocycles. The summed E-state index contributed by atoms with van der Waals surface area (Å²) in [4.78, 5) is 34.3. The topological polar surface area (TPSA) is 108 Å². The molecule has 136 valence electrons. The fourth-order valence-electron chi connectivity index (χ4n) is 2.13. The fraction of sp³-hybridized carbons (Fsp3) is 0.176. The number of ether oxygens (including phenoxy) is 2. The first-order valence-corrected chi connectivity index (χ1v) is 8.45. The summed E-state index contributed by atoms with van der Waals surface area (Å²) in [5.74, 6) is -1.32. The highest BCUT2D eigenvalue weighted by Crippen LogP contribution is 2.27. The Morgan fingerprint density at radius 1 is 1.23 bits per heavy atom. The molecule has 0 bridgehead atoms. The van der Waals surface area contributed by atoms with Gasteiger partial charge in [-0.1, -0.05) is 0 Å². The van der Waals surface area contributed by atoms with Crippen LogP contribution in [0.5, 0.6) is 5.75 Å². The van der Waals surface area contributed by atoms with Gasteiger partial charge in [-0.05, 0) is 65.4 Å². The molecule has 2 rings (SSSR count). The van der Waals surface area contributed by atoms with Crippen molar-refractivity contribution in [2.45, 2.75) is 6.92 Å². The molecule has 1 amide bonds. The lowest BCUT2D eigenvalue weighted by molar-refractivity contribution is -0.385. The predicted octanol–water partition coefficient (Wildman–Crippen LogP) is 3.31. The first kappa shape index (κ1) is 19.6. The Bertz CT molecular complexity index is 868. The minimum atomic E-state index is -0.842. The van der Waals surface area contributed by atoms with Gasteiger partial charge in [-0.2, -0.15) is 0 Å². The van der Waals surface area contributed by atoms with Crippen molar-refractivity contribution in [1.29, 1.82) is 0 Å². The van der Waals surface area contributed by atoms with Gasteiger partial charge in [0.05, 0.1) is 17.6 Å². The lowest BCUT2D eigenvalue weighted by atomic mass is 10.2. The van der Waals surface area contributed by atoms with Crippen molar-refractivity contribution in [3.8, 4) is 5.75 Å². The third kappa shape index (κ3) is 4.91. The standard InChI is InChI=1S/C17H15IN2O6/c1-10-7-12(18)4-5-13(10)19-16(21)9-26-17(22)11-3-6-15(25-2)14(8-11)20(23)24/h3-8H,9H2,1-2H3,(H,19,21). The summed E-state index contributed by atoms with van der Waals surface area (Å²) in [5, 5.41) is 13.6. The van der Waals surface area contributed by atoms with Gasteiger partial charge in [-0.3, -0.25) is 14.9 Å². The van der Waals surface area contributed by atoms with Crippen LogP contribution < -0.4 is 10.1 Å². The van der Waals surface area contributed by atoms with Crippen LogP contribution in [0.3, 0.4) is 0 Å². The number of carbonyl (C=O) groups excluding carboxylic acids is 2. The van der Waals surface area contributed by atoms with Crippen LogP contribution >= 0.6 is 22.6 Å². The van der Waals surface area contributed by atoms with E-state index in [-0.39, 0.29) is 17.0 Å². The lowest BCUT2D eigenvalue weighted by Crippen LogP contribution is -2.21. The molecule has 2 aromatic carbocycles. The Hall–Kier alpha value is -2.69. The normalized spacial score (nSPS) is 10.1. The van der Waals surface area contributed by atoms with E-state index in [1.807, 2.05) is 19.1 Å². The lowest BCUT2D eigenvalue weighted by Gasteiger charge is -2.09. The number of anilines is 1. The summed E-state index contributed by atoms with van der Waals surface area (Å²) in [6, 6.07) is 9.16. The minimum Gasteiger partial charge on any atom is -0.490 e. The van der Waals surface area contributed by atoms with Crippen molar-refractivity contribution >= 4 is 45.8 Å². The van der Waals surface area contributed by atoms with Crippen molar-refractivity contribution < 1.29 is 24.0 Å². The molecule has 8 nitrogen and oxygen atoms in total. The van der Waals surface area contributed by atoms with Gasteiger partial charge in [0.2, 0.25) is 0 Å². The maximum atomic E-state index is 12.0. The molecule has 0 aromatic heterocycles. The zero-order valence-electron chi connectivity index (χ0n) is 13.9. The molecular formula is C17H15IN2O6. The zero-order chi connectivity index (χ0) is 19.3. The second-order valence-electron chi connectivity index (χ2n) is 5.23. The monoisotopic (exact) mass is 470 g/mol. The number of hydrogen-bond donors (Lipinski definition) is 1. The third-order valence-corrected chi connectivity index (χ3v) is 4.08. The predicted molar refractivity (Wildman–Crippen MR) is 102 cm³/mol. The van der Waals surface area contributed by atoms with Crippen LogP contribution in [0.15, 0.2) is 36.4 Å². The SMILES string of the molecule is COc1ccc(C(=O)OCC(=O)Nc2ccc(I)cc2C)cc1[N+](=O)[O-]. The first-order valence-electron chi connectivity index (χ1n) is 7.37. The summed E-state index contributed by atoms with van der Waals surface area (Å²) in [6.45, 7) is 1.34. The Labute approximate surface area is 162 Å². The smallest absolute Gasteiger partial charge is 0.338 e. The van der Waals surface area contributed by atoms with E-state index in [4.69, 9.17) is 9.47 Å². The average Bonchev–Trinajstić information content (AvgIpc) is 2.61. The maximum absolute atomic E-state index is 12.0. The Morgan fingerprint density at radius 3 is 2.58 bits per heavy atom. The summed E-state index contributed by atoms with van der Waals surface area (Å²) in [7, 11) is 1.29. The number of carbonyl (C=O) groups is 2. The summed E-state index contributed by atoms with van der Waals surface area (Å²) >= 11 is 2.16. The molecule has 26 heavy (non-hydrogen) atoms. The quantitative estimate of drug-likeness (QED) is 0.301. The number of nitro groups is 1. The van der Waals surface area contributed by atoms with Crippen LogP contribution in [-0.2, 0) is 9.53 Å². The molecule has 0 fully saturated rings. The molecule has 0 unspecified atom stereocenters. The van der Waals surface area contributed by atoms with E-state index in [2.05, 4.69) is 27.9 Å². The number of rotatable bonds is 6. The van der Waals surface area contributed by atoms with Crippen LogP contribution in [-0.4, -0.2) is 30.5 Å². The van der Waals surface area contributed by atoms with Gasteiger partial charge in [0.25, 0.3) is 5.91 Å². The number of hydrogen-bond acceptors (Lipinski definition) is 6. The van der Waals surface area contributed by atoms with Gasteiger partial charge in [0.1, 0.15) is 0 Å². The van der Waals surface area contributed by atoms with Crippen molar-refractivity contribution in [2.75, 3.05) is 19.0 Å². The van der Waals surface area contributed by atoms with Gasteiger partial charge in [0.15, 0.2) is 12.4 Å². The zero-order valence-corrected chi connectivity index (χ0v) is 16.1. The molecule has 2 aromatic rings. The molecule has 9 heteroatoms. The second-order valence-corrected chi connectivity index (χ2v) is 6.47. The van der Waals surface area contributed by atoms with Gasteiger partial charge in [-0.25, -0.2) is 4.79 Å². The number of aryl methyl sites for hydroxylation is 1. The number of methoxy groups -OCH3 is 1. The fourth-order valence-corrected chi connectivity index (χ4v) is 2.77. The highest BCUT2D eigenvalue weighted by Gasteiger charge is 2.19. The van der Waals surface area contributed by atoms with Gasteiger partial charge in [0, 0.05) is 15.3 Å². The molecule has 0 heterocycles. The molecule has 0 saturated carbocycles. The van der Waals surface area contributed by atoms with E-state index in [1.165, 1.54) is 19.2 Å². The molecule has 0 spiro atoms. The number of halogens is 1. The number of amides is 1. The van der Waals surface area contributed by atoms with Gasteiger partial charge in [-0.15, -0.1) is 0 Å². The van der Waals surface area contributed by atoms with Crippen molar-refractivity contribution in [3.63, 3.8) is 0 Å². The summed E-state index contributed by atoms with van der Waals surface area (Å²) in [5.41, 5.74) is 1.09. The van der Waals surface area contributed by atoms with Gasteiger partial charge >= 0.3 is 11.7 Å². The highest BCUT2D eigenvalue weighted by molar-refractivity contribution is 14.1. The number of nitrogens with one attached hydrogen (secondary N) is 1. The minimum absolute atomic E-state index is 0.0264. The largest absolute Gasteiger partial charge is 0.490 e. The van der Waals surface area contributed by atoms with E-state index in [0.29, 0.717) is 5.69 Å². The number of benzene rings is 2. The maximum Gasteiger partial charge on any atom is 0.338 e. The molecule has 1 N–H and O–H groups in total. The highest BCUT2D eigenvalue weighted by atomic mass is 127. The van der Waals surface area contributed by atoms with Crippen molar-refractivity contribution in [2.24, 2.45) is 0 Å². The van der Waals surface area contributed by atoms with E-state index >= 15 is 0 Å². The second kappa shape index (κ2) is 8.61. The van der Waals surface area contributed by atoms with Gasteiger partial charge < -0.3 is 14.8 Å². The third-order valence-electron chi connectivity index (χ3n) is 3.41. The molecule has 0 aliphatic heterocycles. The first-order chi connectivity index (χ1) is 12.3. The molecule has 0 aliphatic rings. The van der Waals surface area contributed by atoms with E-state index in [1.54, 1.807) is 6.07 Å². The Balaban J connectivity index is 2.00. The number of nitro benzene ring substituents is 1. The molecular weight excluding hydrogens is 455 g/mol. The van der Waals surface area contributed by atoms with Crippen LogP contribution in [0.2, 0.25) is 0 Å². The Morgan fingerprint density at radius 2 is 1.96 bits per heavy atom. The van der Waals surface area contributed by atoms with E-state index < -0.39 is 23.4 Å². The molecule has 0 atom stereocenters. The van der Waals surface area contributed by atoms with Crippen molar-refractivity contribution in [3.05, 3.63) is 61.2 Å². The summed E-state index contributed by atoms with van der Waals surface area (Å²) < 4.78 is 10.8. The average molecular weight is 470 g/mol. The van der Waals surface area contributed by atoms with E-state index in [0.717, 1.165) is 15.2 Å². The molecule has 0 radical (unpaired) electrons. The van der Waals surface area contributed by atoms with Crippen LogP contribution in [0, 0.1) is 20.6 Å². The summed E-state index contributed by atoms with van der Waals surface area (Å²) in [6.07, 6.45) is 0. The van der Waals surface area contributed by atoms with Crippen molar-refractivity contribution in [1.82, 2.24) is 0 Å².